The van der Waals surface area contributed by atoms with Crippen LogP contribution < -0.4 is 5.32 Å². The molecule has 1 aromatic heterocycles. The second-order valence-corrected chi connectivity index (χ2v) is 5.46. The van der Waals surface area contributed by atoms with Crippen molar-refractivity contribution >= 4 is 22.9 Å². The van der Waals surface area contributed by atoms with Gasteiger partial charge in [0.15, 0.2) is 0 Å². The normalized spacial score (nSPS) is 15.2. The largest absolute Gasteiger partial charge is 0.385 e. The fraction of sp³-hybridized carbons (Fsp3) is 0.636. The monoisotopic (exact) mass is 247 g/mol. The molecule has 1 heterocycles. The summed E-state index contributed by atoms with van der Waals surface area (Å²) in [6, 6.07) is 4.84. The number of rotatable bonds is 6. The quantitative estimate of drug-likeness (QED) is 0.831. The van der Waals surface area contributed by atoms with E-state index in [1.807, 2.05) is 6.07 Å². The number of methoxy groups -OCH3 is 1. The molecular weight excluding hydrogens is 230 g/mol. The summed E-state index contributed by atoms with van der Waals surface area (Å²) in [4.78, 5) is 1.28. The number of hydrogen-bond acceptors (Lipinski definition) is 3. The molecule has 0 fully saturated rings. The third-order valence-electron chi connectivity index (χ3n) is 2.31. The Morgan fingerprint density at radius 3 is 2.73 bits per heavy atom. The van der Waals surface area contributed by atoms with Crippen LogP contribution >= 0.6 is 22.9 Å². The van der Waals surface area contributed by atoms with E-state index in [2.05, 4.69) is 25.2 Å². The molecule has 0 bridgehead atoms. The molecule has 2 atom stereocenters. The first kappa shape index (κ1) is 13.0. The predicted molar refractivity (Wildman–Crippen MR) is 66.8 cm³/mol. The number of nitrogens with one attached hydrogen (secondary N) is 1. The molecule has 0 spiro atoms. The Morgan fingerprint density at radius 2 is 2.20 bits per heavy atom. The van der Waals surface area contributed by atoms with E-state index in [0.717, 1.165) is 17.4 Å². The minimum Gasteiger partial charge on any atom is -0.385 e. The van der Waals surface area contributed by atoms with Crippen LogP contribution in [0, 0.1) is 0 Å². The molecular formula is C11H18ClNOS. The first-order valence-electron chi connectivity index (χ1n) is 5.13. The van der Waals surface area contributed by atoms with Gasteiger partial charge in [-0.2, -0.15) is 0 Å². The molecule has 0 aromatic carbocycles. The lowest BCUT2D eigenvalue weighted by Crippen LogP contribution is -2.29. The Bertz CT molecular complexity index is 290. The predicted octanol–water partition coefficient (Wildman–Crippen LogP) is 3.48. The highest BCUT2D eigenvalue weighted by atomic mass is 35.5. The van der Waals surface area contributed by atoms with Crippen molar-refractivity contribution in [1.29, 1.82) is 0 Å². The van der Waals surface area contributed by atoms with Crippen molar-refractivity contribution in [2.24, 2.45) is 0 Å². The highest BCUT2D eigenvalue weighted by Crippen LogP contribution is 2.26. The molecule has 0 aliphatic carbocycles. The third-order valence-corrected chi connectivity index (χ3v) is 3.72. The van der Waals surface area contributed by atoms with E-state index in [9.17, 15) is 0 Å². The van der Waals surface area contributed by atoms with Crippen molar-refractivity contribution in [3.05, 3.63) is 21.3 Å². The van der Waals surface area contributed by atoms with Gasteiger partial charge in [0, 0.05) is 30.7 Å². The maximum Gasteiger partial charge on any atom is 0.0931 e. The number of ether oxygens (including phenoxy) is 1. The molecule has 1 rings (SSSR count). The van der Waals surface area contributed by atoms with Gasteiger partial charge in [-0.15, -0.1) is 11.3 Å². The van der Waals surface area contributed by atoms with Crippen LogP contribution in [0.3, 0.4) is 0 Å². The van der Waals surface area contributed by atoms with E-state index in [0.29, 0.717) is 12.1 Å². The molecule has 1 N–H and O–H groups in total. The maximum absolute atomic E-state index is 5.90. The number of hydrogen-bond donors (Lipinski definition) is 1. The first-order chi connectivity index (χ1) is 7.13. The minimum absolute atomic E-state index is 0.356. The van der Waals surface area contributed by atoms with Gasteiger partial charge in [-0.3, -0.25) is 0 Å². The zero-order chi connectivity index (χ0) is 11.3. The zero-order valence-electron chi connectivity index (χ0n) is 9.42. The second-order valence-electron chi connectivity index (χ2n) is 3.71. The summed E-state index contributed by atoms with van der Waals surface area (Å²) in [5.41, 5.74) is 0. The molecule has 4 heteroatoms. The van der Waals surface area contributed by atoms with Crippen LogP contribution in [0.5, 0.6) is 0 Å². The fourth-order valence-electron chi connectivity index (χ4n) is 1.45. The van der Waals surface area contributed by atoms with Crippen LogP contribution in [0.4, 0.5) is 0 Å². The lowest BCUT2D eigenvalue weighted by molar-refractivity contribution is 0.183. The van der Waals surface area contributed by atoms with Gasteiger partial charge in [-0.05, 0) is 32.4 Å². The summed E-state index contributed by atoms with van der Waals surface area (Å²) >= 11 is 7.53. The number of thiophene rings is 1. The van der Waals surface area contributed by atoms with E-state index in [1.165, 1.54) is 4.88 Å². The molecule has 2 nitrogen and oxygen atoms in total. The van der Waals surface area contributed by atoms with Gasteiger partial charge in [0.25, 0.3) is 0 Å². The molecule has 1 aromatic rings. The van der Waals surface area contributed by atoms with Gasteiger partial charge in [0.1, 0.15) is 0 Å². The summed E-state index contributed by atoms with van der Waals surface area (Å²) < 4.78 is 5.90. The Labute approximate surface area is 101 Å². The van der Waals surface area contributed by atoms with Crippen molar-refractivity contribution < 1.29 is 4.74 Å². The molecule has 0 saturated carbocycles. The van der Waals surface area contributed by atoms with Crippen LogP contribution in [-0.2, 0) is 4.74 Å². The molecule has 0 aliphatic heterocycles. The van der Waals surface area contributed by atoms with Crippen LogP contribution in [-0.4, -0.2) is 19.8 Å². The van der Waals surface area contributed by atoms with Gasteiger partial charge >= 0.3 is 0 Å². The fourth-order valence-corrected chi connectivity index (χ4v) is 2.52. The topological polar surface area (TPSA) is 21.3 Å². The summed E-state index contributed by atoms with van der Waals surface area (Å²) in [5.74, 6) is 0. The second kappa shape index (κ2) is 6.48. The van der Waals surface area contributed by atoms with E-state index in [1.54, 1.807) is 18.4 Å². The van der Waals surface area contributed by atoms with E-state index < -0.39 is 0 Å². The summed E-state index contributed by atoms with van der Waals surface area (Å²) in [5, 5.41) is 3.52. The average molecular weight is 248 g/mol. The van der Waals surface area contributed by atoms with E-state index in [-0.39, 0.29) is 0 Å². The molecule has 0 radical (unpaired) electrons. The smallest absolute Gasteiger partial charge is 0.0931 e. The standard InChI is InChI=1S/C11H18ClNOS/c1-8(6-7-14-3)13-9(2)10-4-5-11(12)15-10/h4-5,8-9,13H,6-7H2,1-3H3. The maximum atomic E-state index is 5.90. The molecule has 0 aliphatic rings. The first-order valence-corrected chi connectivity index (χ1v) is 6.33. The average Bonchev–Trinajstić information content (AvgIpc) is 2.61. The molecule has 0 saturated heterocycles. The van der Waals surface area contributed by atoms with Crippen molar-refractivity contribution in [3.63, 3.8) is 0 Å². The van der Waals surface area contributed by atoms with Gasteiger partial charge in [0.05, 0.1) is 4.34 Å². The highest BCUT2D eigenvalue weighted by Gasteiger charge is 2.10. The third kappa shape index (κ3) is 4.51. The Balaban J connectivity index is 2.38. The summed E-state index contributed by atoms with van der Waals surface area (Å²) in [7, 11) is 1.73. The SMILES string of the molecule is COCCC(C)NC(C)c1ccc(Cl)s1. The van der Waals surface area contributed by atoms with E-state index >= 15 is 0 Å². The Hall–Kier alpha value is -0.0900. The minimum atomic E-state index is 0.356. The number of halogens is 1. The Kier molecular flexibility index (Phi) is 5.61. The van der Waals surface area contributed by atoms with Crippen molar-refractivity contribution in [1.82, 2.24) is 5.32 Å². The van der Waals surface area contributed by atoms with Gasteiger partial charge in [-0.1, -0.05) is 11.6 Å². The Morgan fingerprint density at radius 1 is 1.47 bits per heavy atom. The van der Waals surface area contributed by atoms with Crippen LogP contribution in [0.25, 0.3) is 0 Å². The van der Waals surface area contributed by atoms with Gasteiger partial charge in [-0.25, -0.2) is 0 Å². The summed E-state index contributed by atoms with van der Waals surface area (Å²) in [6.45, 7) is 5.13. The van der Waals surface area contributed by atoms with Crippen molar-refractivity contribution in [2.75, 3.05) is 13.7 Å². The van der Waals surface area contributed by atoms with Crippen molar-refractivity contribution in [2.45, 2.75) is 32.4 Å². The van der Waals surface area contributed by atoms with E-state index in [4.69, 9.17) is 16.3 Å². The lowest BCUT2D eigenvalue weighted by Gasteiger charge is -2.18. The molecule has 2 unspecified atom stereocenters. The van der Waals surface area contributed by atoms with Crippen LogP contribution in [0.1, 0.15) is 31.2 Å². The highest BCUT2D eigenvalue weighted by molar-refractivity contribution is 7.16. The van der Waals surface area contributed by atoms with Gasteiger partial charge in [0.2, 0.25) is 0 Å². The zero-order valence-corrected chi connectivity index (χ0v) is 11.0. The molecule has 86 valence electrons. The van der Waals surface area contributed by atoms with Crippen LogP contribution in [0.2, 0.25) is 4.34 Å². The van der Waals surface area contributed by atoms with Crippen LogP contribution in [0.15, 0.2) is 12.1 Å². The van der Waals surface area contributed by atoms with Crippen molar-refractivity contribution in [3.8, 4) is 0 Å². The van der Waals surface area contributed by atoms with Gasteiger partial charge < -0.3 is 10.1 Å². The summed E-state index contributed by atoms with van der Waals surface area (Å²) in [6.07, 6.45) is 1.03. The molecule has 0 amide bonds. The molecule has 15 heavy (non-hydrogen) atoms. The lowest BCUT2D eigenvalue weighted by atomic mass is 10.2.